The zero-order valence-electron chi connectivity index (χ0n) is 16.7. The number of methoxy groups -OCH3 is 1. The first-order valence-corrected chi connectivity index (χ1v) is 11.2. The second kappa shape index (κ2) is 8.63. The van der Waals surface area contributed by atoms with Crippen LogP contribution in [0.5, 0.6) is 11.5 Å². The second-order valence-electron chi connectivity index (χ2n) is 7.19. The third kappa shape index (κ3) is 4.14. The molecule has 0 saturated carbocycles. The summed E-state index contributed by atoms with van der Waals surface area (Å²) in [4.78, 5) is 12.8. The molecular weight excluding hydrogens is 408 g/mol. The highest BCUT2D eigenvalue weighted by Gasteiger charge is 2.30. The molecule has 8 nitrogen and oxygen atoms in total. The third-order valence-corrected chi connectivity index (χ3v) is 7.19. The summed E-state index contributed by atoms with van der Waals surface area (Å²) in [5.74, 6) is 0.449. The van der Waals surface area contributed by atoms with Gasteiger partial charge in [-0.15, -0.1) is 0 Å². The monoisotopic (exact) mass is 432 g/mol. The van der Waals surface area contributed by atoms with E-state index in [2.05, 4.69) is 5.32 Å². The van der Waals surface area contributed by atoms with E-state index >= 15 is 0 Å². The fourth-order valence-corrected chi connectivity index (χ4v) is 5.21. The Hall–Kier alpha value is -2.62. The van der Waals surface area contributed by atoms with E-state index in [1.165, 1.54) is 17.5 Å². The van der Waals surface area contributed by atoms with Crippen molar-refractivity contribution in [1.82, 2.24) is 4.31 Å². The van der Waals surface area contributed by atoms with Gasteiger partial charge in [0.25, 0.3) is 0 Å². The summed E-state index contributed by atoms with van der Waals surface area (Å²) in [5.41, 5.74) is 1.38. The summed E-state index contributed by atoms with van der Waals surface area (Å²) >= 11 is 0. The number of benzene rings is 2. The number of anilines is 1. The molecule has 160 valence electrons. The normalized spacial score (nSPS) is 19.4. The average molecular weight is 432 g/mol. The Kier molecular flexibility index (Phi) is 5.94. The molecule has 2 aromatic rings. The van der Waals surface area contributed by atoms with Crippen LogP contribution in [0.4, 0.5) is 5.69 Å². The molecule has 1 amide bonds. The molecule has 9 heteroatoms. The van der Waals surface area contributed by atoms with Crippen LogP contribution in [0.25, 0.3) is 0 Å². The van der Waals surface area contributed by atoms with Gasteiger partial charge < -0.3 is 19.5 Å². The van der Waals surface area contributed by atoms with Crippen molar-refractivity contribution in [2.45, 2.75) is 11.3 Å². The molecule has 0 aromatic heterocycles. The zero-order valence-corrected chi connectivity index (χ0v) is 17.5. The quantitative estimate of drug-likeness (QED) is 0.776. The summed E-state index contributed by atoms with van der Waals surface area (Å²) < 4.78 is 43.8. The molecule has 0 spiro atoms. The third-order valence-electron chi connectivity index (χ3n) is 5.27. The first kappa shape index (κ1) is 20.6. The molecule has 4 rings (SSSR count). The van der Waals surface area contributed by atoms with Gasteiger partial charge in [-0.3, -0.25) is 4.79 Å². The smallest absolute Gasteiger partial charge is 0.246 e. The number of nitrogens with zero attached hydrogens (tertiary/aromatic N) is 1. The van der Waals surface area contributed by atoms with Crippen LogP contribution in [-0.2, 0) is 26.0 Å². The summed E-state index contributed by atoms with van der Waals surface area (Å²) in [6.45, 7) is 1.53. The number of carbonyl (C=O) groups excluding carboxylic acids is 1. The second-order valence-corrected chi connectivity index (χ2v) is 9.10. The van der Waals surface area contributed by atoms with E-state index in [0.29, 0.717) is 25.3 Å². The van der Waals surface area contributed by atoms with Crippen molar-refractivity contribution >= 4 is 21.6 Å². The van der Waals surface area contributed by atoms with E-state index in [9.17, 15) is 13.2 Å². The lowest BCUT2D eigenvalue weighted by Crippen LogP contribution is -2.40. The molecule has 1 unspecified atom stereocenters. The molecule has 2 aromatic carbocycles. The maximum atomic E-state index is 13.1. The summed E-state index contributed by atoms with van der Waals surface area (Å²) in [6, 6.07) is 12.3. The lowest BCUT2D eigenvalue weighted by atomic mass is 9.96. The Morgan fingerprint density at radius 3 is 2.70 bits per heavy atom. The SMILES string of the molecule is COc1ccc(NC(=O)C2COc3ccccc3C2)cc1S(=O)(=O)N1CCOCC1. The minimum atomic E-state index is -3.78. The Morgan fingerprint density at radius 1 is 1.17 bits per heavy atom. The van der Waals surface area contributed by atoms with Gasteiger partial charge in [-0.25, -0.2) is 8.42 Å². The molecule has 1 N–H and O–H groups in total. The molecule has 1 fully saturated rings. The Morgan fingerprint density at radius 2 is 1.93 bits per heavy atom. The van der Waals surface area contributed by atoms with Crippen molar-refractivity contribution in [3.63, 3.8) is 0 Å². The number of rotatable bonds is 5. The van der Waals surface area contributed by atoms with Gasteiger partial charge in [0.05, 0.1) is 26.2 Å². The number of hydrogen-bond acceptors (Lipinski definition) is 6. The predicted molar refractivity (Wildman–Crippen MR) is 110 cm³/mol. The number of para-hydroxylation sites is 1. The maximum absolute atomic E-state index is 13.1. The van der Waals surface area contributed by atoms with Crippen LogP contribution in [0, 0.1) is 5.92 Å². The van der Waals surface area contributed by atoms with E-state index in [0.717, 1.165) is 11.3 Å². The number of amides is 1. The number of nitrogens with one attached hydrogen (secondary N) is 1. The van der Waals surface area contributed by atoms with Crippen LogP contribution in [0.15, 0.2) is 47.4 Å². The topological polar surface area (TPSA) is 94.2 Å². The van der Waals surface area contributed by atoms with E-state index < -0.39 is 10.0 Å². The first-order valence-electron chi connectivity index (χ1n) is 9.76. The predicted octanol–water partition coefficient (Wildman–Crippen LogP) is 1.91. The molecule has 1 atom stereocenters. The maximum Gasteiger partial charge on any atom is 0.246 e. The number of hydrogen-bond donors (Lipinski definition) is 1. The van der Waals surface area contributed by atoms with Crippen LogP contribution in [-0.4, -0.2) is 58.7 Å². The summed E-state index contributed by atoms with van der Waals surface area (Å²) in [5, 5.41) is 2.83. The molecule has 0 radical (unpaired) electrons. The van der Waals surface area contributed by atoms with Crippen LogP contribution in [0.3, 0.4) is 0 Å². The Labute approximate surface area is 175 Å². The lowest BCUT2D eigenvalue weighted by molar-refractivity contribution is -0.121. The van der Waals surface area contributed by atoms with Crippen molar-refractivity contribution in [1.29, 1.82) is 0 Å². The minimum absolute atomic E-state index is 0.0231. The lowest BCUT2D eigenvalue weighted by Gasteiger charge is -2.27. The van der Waals surface area contributed by atoms with Gasteiger partial charge in [-0.1, -0.05) is 18.2 Å². The standard InChI is InChI=1S/C21H24N2O6S/c1-27-19-7-6-17(13-20(19)30(25,26)23-8-10-28-11-9-23)22-21(24)16-12-15-4-2-3-5-18(15)29-14-16/h2-7,13,16H,8-12,14H2,1H3,(H,22,24). The highest BCUT2D eigenvalue weighted by atomic mass is 32.2. The fourth-order valence-electron chi connectivity index (χ4n) is 3.62. The van der Waals surface area contributed by atoms with Crippen molar-refractivity contribution in [2.24, 2.45) is 5.92 Å². The molecule has 2 aliphatic rings. The molecule has 0 aliphatic carbocycles. The molecule has 2 heterocycles. The van der Waals surface area contributed by atoms with Crippen LogP contribution >= 0.6 is 0 Å². The molecule has 30 heavy (non-hydrogen) atoms. The summed E-state index contributed by atoms with van der Waals surface area (Å²) in [7, 11) is -2.36. The largest absolute Gasteiger partial charge is 0.495 e. The first-order chi connectivity index (χ1) is 14.5. The summed E-state index contributed by atoms with van der Waals surface area (Å²) in [6.07, 6.45) is 0.567. The number of morpholine rings is 1. The van der Waals surface area contributed by atoms with E-state index in [1.807, 2.05) is 24.3 Å². The average Bonchev–Trinajstić information content (AvgIpc) is 2.79. The molecular formula is C21H24N2O6S. The van der Waals surface area contributed by atoms with Gasteiger partial charge in [0.2, 0.25) is 15.9 Å². The van der Waals surface area contributed by atoms with Crippen LogP contribution in [0.2, 0.25) is 0 Å². The van der Waals surface area contributed by atoms with E-state index in [-0.39, 0.29) is 42.2 Å². The Bertz CT molecular complexity index is 1030. The van der Waals surface area contributed by atoms with Gasteiger partial charge in [0, 0.05) is 18.8 Å². The highest BCUT2D eigenvalue weighted by Crippen LogP contribution is 2.31. The van der Waals surface area contributed by atoms with Gasteiger partial charge in [0.15, 0.2) is 0 Å². The highest BCUT2D eigenvalue weighted by molar-refractivity contribution is 7.89. The van der Waals surface area contributed by atoms with Crippen molar-refractivity contribution in [3.8, 4) is 11.5 Å². The molecule has 0 bridgehead atoms. The fraction of sp³-hybridized carbons (Fsp3) is 0.381. The van der Waals surface area contributed by atoms with Crippen molar-refractivity contribution in [3.05, 3.63) is 48.0 Å². The minimum Gasteiger partial charge on any atom is -0.495 e. The number of ether oxygens (including phenoxy) is 3. The van der Waals surface area contributed by atoms with Gasteiger partial charge in [-0.2, -0.15) is 4.31 Å². The van der Waals surface area contributed by atoms with Crippen molar-refractivity contribution in [2.75, 3.05) is 45.3 Å². The number of carbonyl (C=O) groups is 1. The van der Waals surface area contributed by atoms with Crippen molar-refractivity contribution < 1.29 is 27.4 Å². The van der Waals surface area contributed by atoms with Crippen LogP contribution in [0.1, 0.15) is 5.56 Å². The zero-order chi connectivity index (χ0) is 21.1. The molecule has 2 aliphatic heterocycles. The van der Waals surface area contributed by atoms with E-state index in [1.54, 1.807) is 12.1 Å². The number of sulfonamides is 1. The number of fused-ring (bicyclic) bond motifs is 1. The molecule has 1 saturated heterocycles. The van der Waals surface area contributed by atoms with Gasteiger partial charge in [0.1, 0.15) is 23.0 Å². The van der Waals surface area contributed by atoms with Gasteiger partial charge in [-0.05, 0) is 36.2 Å². The van der Waals surface area contributed by atoms with Gasteiger partial charge >= 0.3 is 0 Å². The van der Waals surface area contributed by atoms with E-state index in [4.69, 9.17) is 14.2 Å². The Balaban J connectivity index is 1.54. The van der Waals surface area contributed by atoms with Crippen LogP contribution < -0.4 is 14.8 Å².